The highest BCUT2D eigenvalue weighted by Gasteiger charge is 2.25. The molecule has 2 aromatic heterocycles. The van der Waals surface area contributed by atoms with Crippen LogP contribution in [-0.2, 0) is 0 Å². The Hall–Kier alpha value is -3.18. The first-order valence-corrected chi connectivity index (χ1v) is 9.13. The smallest absolute Gasteiger partial charge is 0.147 e. The molecule has 6 heteroatoms. The number of hydrogen-bond acceptors (Lipinski definition) is 4. The molecule has 0 aliphatic heterocycles. The zero-order valence-corrected chi connectivity index (χ0v) is 15.8. The van der Waals surface area contributed by atoms with Gasteiger partial charge in [0.25, 0.3) is 0 Å². The van der Waals surface area contributed by atoms with Crippen LogP contribution in [0.3, 0.4) is 0 Å². The van der Waals surface area contributed by atoms with Crippen molar-refractivity contribution < 1.29 is 9.50 Å². The van der Waals surface area contributed by atoms with Crippen LogP contribution in [-0.4, -0.2) is 15.1 Å². The number of fused-ring (bicyclic) bond motifs is 1. The number of aromatic nitrogens is 2. The molecule has 0 amide bonds. The number of aromatic hydroxyl groups is 1. The van der Waals surface area contributed by atoms with E-state index in [2.05, 4.69) is 15.3 Å². The van der Waals surface area contributed by atoms with Crippen LogP contribution in [0.15, 0.2) is 66.9 Å². The monoisotopic (exact) mass is 393 g/mol. The standard InChI is InChI=1S/C22H17ClFN3O/c1-13-5-2-9-18(26-13)27-21(19-16(23)7-3-8-17(19)24)15-11-10-14-6-4-12-25-20(14)22(15)28/h2-12,21,28H,1H3,(H,26,27). The largest absolute Gasteiger partial charge is 0.505 e. The maximum atomic E-state index is 14.8. The van der Waals surface area contributed by atoms with Gasteiger partial charge in [0, 0.05) is 33.4 Å². The van der Waals surface area contributed by atoms with Crippen LogP contribution in [0.5, 0.6) is 5.75 Å². The van der Waals surface area contributed by atoms with Gasteiger partial charge in [0.1, 0.15) is 22.9 Å². The maximum absolute atomic E-state index is 14.8. The summed E-state index contributed by atoms with van der Waals surface area (Å²) in [4.78, 5) is 8.70. The molecule has 2 heterocycles. The first-order valence-electron chi connectivity index (χ1n) is 8.75. The Bertz CT molecular complexity index is 1150. The molecule has 2 N–H and O–H groups in total. The number of nitrogens with one attached hydrogen (secondary N) is 1. The van der Waals surface area contributed by atoms with Gasteiger partial charge in [-0.2, -0.15) is 0 Å². The zero-order valence-electron chi connectivity index (χ0n) is 15.0. The predicted molar refractivity (Wildman–Crippen MR) is 109 cm³/mol. The summed E-state index contributed by atoms with van der Waals surface area (Å²) >= 11 is 6.34. The Labute approximate surface area is 166 Å². The minimum atomic E-state index is -0.755. The second-order valence-corrected chi connectivity index (χ2v) is 6.86. The molecule has 0 saturated carbocycles. The van der Waals surface area contributed by atoms with E-state index in [1.807, 2.05) is 31.2 Å². The number of phenolic OH excluding ortho intramolecular Hbond substituents is 1. The summed E-state index contributed by atoms with van der Waals surface area (Å²) in [6.07, 6.45) is 1.60. The third-order valence-electron chi connectivity index (χ3n) is 4.56. The van der Waals surface area contributed by atoms with Gasteiger partial charge in [-0.05, 0) is 37.3 Å². The van der Waals surface area contributed by atoms with E-state index >= 15 is 0 Å². The van der Waals surface area contributed by atoms with Crippen LogP contribution >= 0.6 is 11.6 Å². The van der Waals surface area contributed by atoms with E-state index in [1.54, 1.807) is 36.5 Å². The molecule has 0 aliphatic rings. The van der Waals surface area contributed by atoms with Gasteiger partial charge < -0.3 is 10.4 Å². The Morgan fingerprint density at radius 1 is 1.04 bits per heavy atom. The third-order valence-corrected chi connectivity index (χ3v) is 4.89. The van der Waals surface area contributed by atoms with E-state index < -0.39 is 11.9 Å². The van der Waals surface area contributed by atoms with Gasteiger partial charge in [0.15, 0.2) is 0 Å². The van der Waals surface area contributed by atoms with Crippen molar-refractivity contribution in [1.29, 1.82) is 0 Å². The Kier molecular flexibility index (Phi) is 4.84. The number of nitrogens with zero attached hydrogens (tertiary/aromatic N) is 2. The van der Waals surface area contributed by atoms with Crippen molar-refractivity contribution in [3.63, 3.8) is 0 Å². The zero-order chi connectivity index (χ0) is 19.7. The van der Waals surface area contributed by atoms with Crippen molar-refractivity contribution in [3.8, 4) is 5.75 Å². The van der Waals surface area contributed by atoms with Crippen molar-refractivity contribution >= 4 is 28.3 Å². The normalized spacial score (nSPS) is 12.1. The molecule has 0 fully saturated rings. The number of pyridine rings is 2. The van der Waals surface area contributed by atoms with Gasteiger partial charge in [-0.1, -0.05) is 41.9 Å². The first kappa shape index (κ1) is 18.2. The highest BCUT2D eigenvalue weighted by atomic mass is 35.5. The lowest BCUT2D eigenvalue weighted by Gasteiger charge is -2.23. The van der Waals surface area contributed by atoms with E-state index in [9.17, 15) is 9.50 Å². The number of phenols is 1. The summed E-state index contributed by atoms with van der Waals surface area (Å²) in [7, 11) is 0. The number of benzene rings is 2. The summed E-state index contributed by atoms with van der Waals surface area (Å²) in [5, 5.41) is 15.2. The molecule has 140 valence electrons. The van der Waals surface area contributed by atoms with Crippen LogP contribution in [0, 0.1) is 12.7 Å². The van der Waals surface area contributed by atoms with Crippen LogP contribution < -0.4 is 5.32 Å². The van der Waals surface area contributed by atoms with Crippen molar-refractivity contribution in [2.75, 3.05) is 5.32 Å². The van der Waals surface area contributed by atoms with Crippen LogP contribution in [0.1, 0.15) is 22.9 Å². The minimum absolute atomic E-state index is 0.0254. The lowest BCUT2D eigenvalue weighted by atomic mass is 9.95. The van der Waals surface area contributed by atoms with Crippen molar-refractivity contribution in [1.82, 2.24) is 9.97 Å². The Balaban J connectivity index is 1.92. The average Bonchev–Trinajstić information content (AvgIpc) is 2.68. The lowest BCUT2D eigenvalue weighted by Crippen LogP contribution is -2.16. The number of aryl methyl sites for hydroxylation is 1. The summed E-state index contributed by atoms with van der Waals surface area (Å²) in [6.45, 7) is 1.87. The lowest BCUT2D eigenvalue weighted by molar-refractivity contribution is 0.471. The fourth-order valence-electron chi connectivity index (χ4n) is 3.24. The average molecular weight is 394 g/mol. The number of hydrogen-bond donors (Lipinski definition) is 2. The summed E-state index contributed by atoms with van der Waals surface area (Å²) in [6, 6.07) is 16.5. The van der Waals surface area contributed by atoms with E-state index in [0.29, 0.717) is 16.9 Å². The molecule has 2 aromatic carbocycles. The topological polar surface area (TPSA) is 58.0 Å². The van der Waals surface area contributed by atoms with Gasteiger partial charge >= 0.3 is 0 Å². The first-order chi connectivity index (χ1) is 13.5. The molecule has 0 saturated heterocycles. The van der Waals surface area contributed by atoms with Crippen molar-refractivity contribution in [3.05, 3.63) is 94.5 Å². The molecule has 4 aromatic rings. The Morgan fingerprint density at radius 2 is 1.86 bits per heavy atom. The van der Waals surface area contributed by atoms with Crippen molar-refractivity contribution in [2.45, 2.75) is 13.0 Å². The molecule has 4 nitrogen and oxygen atoms in total. The van der Waals surface area contributed by atoms with E-state index in [-0.39, 0.29) is 16.3 Å². The molecule has 0 aliphatic carbocycles. The van der Waals surface area contributed by atoms with E-state index in [4.69, 9.17) is 11.6 Å². The van der Waals surface area contributed by atoms with Crippen molar-refractivity contribution in [2.24, 2.45) is 0 Å². The summed E-state index contributed by atoms with van der Waals surface area (Å²) < 4.78 is 14.8. The van der Waals surface area contributed by atoms with E-state index in [0.717, 1.165) is 11.1 Å². The fourth-order valence-corrected chi connectivity index (χ4v) is 3.51. The van der Waals surface area contributed by atoms with Gasteiger partial charge in [-0.25, -0.2) is 9.37 Å². The molecule has 4 rings (SSSR count). The summed E-state index contributed by atoms with van der Waals surface area (Å²) in [5.74, 6) is 0.0468. The molecule has 0 radical (unpaired) electrons. The fraction of sp³-hybridized carbons (Fsp3) is 0.0909. The third kappa shape index (κ3) is 3.37. The van der Waals surface area contributed by atoms with Gasteiger partial charge in [0.2, 0.25) is 0 Å². The molecule has 1 unspecified atom stereocenters. The second-order valence-electron chi connectivity index (χ2n) is 6.46. The van der Waals surface area contributed by atoms with E-state index in [1.165, 1.54) is 6.07 Å². The molecule has 28 heavy (non-hydrogen) atoms. The SMILES string of the molecule is Cc1cccc(NC(c2ccc3cccnc3c2O)c2c(F)cccc2Cl)n1. The number of rotatable bonds is 4. The highest BCUT2D eigenvalue weighted by molar-refractivity contribution is 6.31. The predicted octanol–water partition coefficient (Wildman–Crippen LogP) is 5.64. The van der Waals surface area contributed by atoms with Crippen LogP contribution in [0.2, 0.25) is 5.02 Å². The Morgan fingerprint density at radius 3 is 2.64 bits per heavy atom. The minimum Gasteiger partial charge on any atom is -0.505 e. The molecule has 0 bridgehead atoms. The van der Waals surface area contributed by atoms with Crippen LogP contribution in [0.25, 0.3) is 10.9 Å². The maximum Gasteiger partial charge on any atom is 0.147 e. The summed E-state index contributed by atoms with van der Waals surface area (Å²) in [5.41, 5.74) is 1.95. The van der Waals surface area contributed by atoms with Gasteiger partial charge in [0.05, 0.1) is 6.04 Å². The van der Waals surface area contributed by atoms with Gasteiger partial charge in [-0.15, -0.1) is 0 Å². The second kappa shape index (κ2) is 7.44. The number of anilines is 1. The molecular formula is C22H17ClFN3O. The quantitative estimate of drug-likeness (QED) is 0.471. The molecule has 1 atom stereocenters. The molecule has 0 spiro atoms. The highest BCUT2D eigenvalue weighted by Crippen LogP contribution is 2.39. The number of halogens is 2. The molecular weight excluding hydrogens is 377 g/mol. The van der Waals surface area contributed by atoms with Gasteiger partial charge in [-0.3, -0.25) is 4.98 Å². The van der Waals surface area contributed by atoms with Crippen LogP contribution in [0.4, 0.5) is 10.2 Å².